The molecule has 5 heteroatoms. The number of nitrogens with one attached hydrogen (secondary N) is 1. The standard InChI is InChI=1S/C16H23N3O2/c1-2-3-4-16(20)18-13-15(14-5-7-17-8-6-14)19-9-11-21-12-10-19/h2-3,5-8,15H,4,9-13H2,1H3,(H,18,20)/b3-2+/t15-/m1/s1. The summed E-state index contributed by atoms with van der Waals surface area (Å²) in [5.74, 6) is 0.0559. The molecule has 0 aliphatic carbocycles. The molecule has 1 aliphatic rings. The number of rotatable bonds is 6. The molecule has 2 heterocycles. The summed E-state index contributed by atoms with van der Waals surface area (Å²) in [5.41, 5.74) is 1.18. The van der Waals surface area contributed by atoms with Gasteiger partial charge in [-0.3, -0.25) is 14.7 Å². The molecule has 114 valence electrons. The minimum atomic E-state index is 0.0559. The van der Waals surface area contributed by atoms with E-state index in [1.165, 1.54) is 5.56 Å². The molecule has 1 fully saturated rings. The van der Waals surface area contributed by atoms with Crippen LogP contribution in [0.15, 0.2) is 36.7 Å². The minimum Gasteiger partial charge on any atom is -0.379 e. The largest absolute Gasteiger partial charge is 0.379 e. The van der Waals surface area contributed by atoms with E-state index in [0.717, 1.165) is 26.3 Å². The molecule has 1 saturated heterocycles. The molecule has 1 atom stereocenters. The lowest BCUT2D eigenvalue weighted by Gasteiger charge is -2.34. The van der Waals surface area contributed by atoms with Gasteiger partial charge < -0.3 is 10.1 Å². The fourth-order valence-electron chi connectivity index (χ4n) is 2.44. The van der Waals surface area contributed by atoms with E-state index >= 15 is 0 Å². The summed E-state index contributed by atoms with van der Waals surface area (Å²) in [6, 6.07) is 4.20. The first kappa shape index (κ1) is 15.7. The molecule has 0 unspecified atom stereocenters. The molecule has 0 bridgehead atoms. The number of amides is 1. The maximum atomic E-state index is 11.8. The van der Waals surface area contributed by atoms with Gasteiger partial charge in [-0.2, -0.15) is 0 Å². The number of carbonyl (C=O) groups is 1. The van der Waals surface area contributed by atoms with Crippen molar-refractivity contribution in [3.63, 3.8) is 0 Å². The molecule has 0 spiro atoms. The highest BCUT2D eigenvalue weighted by Crippen LogP contribution is 2.20. The maximum Gasteiger partial charge on any atom is 0.223 e. The minimum absolute atomic E-state index is 0.0559. The third-order valence-electron chi connectivity index (χ3n) is 3.61. The Labute approximate surface area is 126 Å². The molecule has 21 heavy (non-hydrogen) atoms. The number of morpholine rings is 1. The zero-order valence-corrected chi connectivity index (χ0v) is 12.5. The number of aromatic nitrogens is 1. The van der Waals surface area contributed by atoms with Crippen LogP contribution in [0, 0.1) is 0 Å². The number of hydrogen-bond donors (Lipinski definition) is 1. The highest BCUT2D eigenvalue weighted by atomic mass is 16.5. The third kappa shape index (κ3) is 4.95. The quantitative estimate of drug-likeness (QED) is 0.807. The molecular weight excluding hydrogens is 266 g/mol. The maximum absolute atomic E-state index is 11.8. The molecule has 1 aromatic rings. The summed E-state index contributed by atoms with van der Waals surface area (Å²) in [7, 11) is 0. The van der Waals surface area contributed by atoms with Crippen molar-refractivity contribution in [3.05, 3.63) is 42.2 Å². The van der Waals surface area contributed by atoms with Gasteiger partial charge in [-0.25, -0.2) is 0 Å². The topological polar surface area (TPSA) is 54.5 Å². The Morgan fingerprint density at radius 2 is 2.14 bits per heavy atom. The van der Waals surface area contributed by atoms with Gasteiger partial charge in [-0.05, 0) is 24.6 Å². The van der Waals surface area contributed by atoms with Gasteiger partial charge in [0.15, 0.2) is 0 Å². The van der Waals surface area contributed by atoms with E-state index in [0.29, 0.717) is 13.0 Å². The Balaban J connectivity index is 2.00. The smallest absolute Gasteiger partial charge is 0.223 e. The van der Waals surface area contributed by atoms with Crippen molar-refractivity contribution < 1.29 is 9.53 Å². The van der Waals surface area contributed by atoms with E-state index in [9.17, 15) is 4.79 Å². The number of ether oxygens (including phenoxy) is 1. The summed E-state index contributed by atoms with van der Waals surface area (Å²) in [6.07, 6.45) is 7.78. The highest BCUT2D eigenvalue weighted by Gasteiger charge is 2.22. The van der Waals surface area contributed by atoms with Crippen LogP contribution in [0.1, 0.15) is 24.9 Å². The summed E-state index contributed by atoms with van der Waals surface area (Å²) < 4.78 is 5.41. The van der Waals surface area contributed by atoms with Gasteiger partial charge in [0.25, 0.3) is 0 Å². The van der Waals surface area contributed by atoms with Gasteiger partial charge in [-0.1, -0.05) is 12.2 Å². The average molecular weight is 289 g/mol. The fraction of sp³-hybridized carbons (Fsp3) is 0.500. The van der Waals surface area contributed by atoms with Gasteiger partial charge in [0.1, 0.15) is 0 Å². The summed E-state index contributed by atoms with van der Waals surface area (Å²) in [5, 5.41) is 3.02. The number of allylic oxidation sites excluding steroid dienone is 1. The Kier molecular flexibility index (Phi) is 6.37. The Bertz CT molecular complexity index is 456. The first-order valence-electron chi connectivity index (χ1n) is 7.41. The summed E-state index contributed by atoms with van der Waals surface area (Å²) >= 11 is 0. The number of hydrogen-bond acceptors (Lipinski definition) is 4. The molecule has 0 aromatic carbocycles. The van der Waals surface area contributed by atoms with E-state index in [1.54, 1.807) is 12.4 Å². The van der Waals surface area contributed by atoms with Crippen LogP contribution in [-0.4, -0.2) is 48.6 Å². The molecule has 0 radical (unpaired) electrons. The second-order valence-corrected chi connectivity index (χ2v) is 5.02. The highest BCUT2D eigenvalue weighted by molar-refractivity contribution is 5.77. The predicted molar refractivity (Wildman–Crippen MR) is 81.8 cm³/mol. The lowest BCUT2D eigenvalue weighted by atomic mass is 10.1. The zero-order valence-electron chi connectivity index (χ0n) is 12.5. The zero-order chi connectivity index (χ0) is 14.9. The number of pyridine rings is 1. The molecule has 1 N–H and O–H groups in total. The van der Waals surface area contributed by atoms with E-state index in [2.05, 4.69) is 15.2 Å². The van der Waals surface area contributed by atoms with Crippen molar-refractivity contribution in [1.82, 2.24) is 15.2 Å². The number of carbonyl (C=O) groups excluding carboxylic acids is 1. The molecule has 1 aliphatic heterocycles. The van der Waals surface area contributed by atoms with Crippen molar-refractivity contribution >= 4 is 5.91 Å². The van der Waals surface area contributed by atoms with E-state index < -0.39 is 0 Å². The van der Waals surface area contributed by atoms with Crippen molar-refractivity contribution in [2.24, 2.45) is 0 Å². The fourth-order valence-corrected chi connectivity index (χ4v) is 2.44. The lowest BCUT2D eigenvalue weighted by Crippen LogP contribution is -2.43. The Morgan fingerprint density at radius 1 is 1.43 bits per heavy atom. The van der Waals surface area contributed by atoms with Crippen LogP contribution in [0.5, 0.6) is 0 Å². The van der Waals surface area contributed by atoms with E-state index in [4.69, 9.17) is 4.74 Å². The lowest BCUT2D eigenvalue weighted by molar-refractivity contribution is -0.120. The second-order valence-electron chi connectivity index (χ2n) is 5.02. The van der Waals surface area contributed by atoms with E-state index in [1.807, 2.05) is 31.2 Å². The summed E-state index contributed by atoms with van der Waals surface area (Å²) in [6.45, 7) is 5.79. The van der Waals surface area contributed by atoms with Crippen LogP contribution in [0.25, 0.3) is 0 Å². The third-order valence-corrected chi connectivity index (χ3v) is 3.61. The van der Waals surface area contributed by atoms with Crippen LogP contribution in [0.2, 0.25) is 0 Å². The molecule has 5 nitrogen and oxygen atoms in total. The molecule has 0 saturated carbocycles. The molecule has 1 aromatic heterocycles. The summed E-state index contributed by atoms with van der Waals surface area (Å²) in [4.78, 5) is 18.2. The molecule has 2 rings (SSSR count). The first-order valence-corrected chi connectivity index (χ1v) is 7.41. The van der Waals surface area contributed by atoms with Crippen LogP contribution < -0.4 is 5.32 Å². The van der Waals surface area contributed by atoms with Crippen molar-refractivity contribution in [2.75, 3.05) is 32.8 Å². The SMILES string of the molecule is C/C=C/CC(=O)NC[C@H](c1ccncc1)N1CCOCC1. The Morgan fingerprint density at radius 3 is 2.81 bits per heavy atom. The molecular formula is C16H23N3O2. The van der Waals surface area contributed by atoms with Crippen molar-refractivity contribution in [3.8, 4) is 0 Å². The predicted octanol–water partition coefficient (Wildman–Crippen LogP) is 1.54. The van der Waals surface area contributed by atoms with Crippen LogP contribution in [-0.2, 0) is 9.53 Å². The van der Waals surface area contributed by atoms with Crippen LogP contribution in [0.4, 0.5) is 0 Å². The van der Waals surface area contributed by atoms with Crippen molar-refractivity contribution in [2.45, 2.75) is 19.4 Å². The van der Waals surface area contributed by atoms with Gasteiger partial charge >= 0.3 is 0 Å². The van der Waals surface area contributed by atoms with Gasteiger partial charge in [0.2, 0.25) is 5.91 Å². The number of nitrogens with zero attached hydrogens (tertiary/aromatic N) is 2. The Hall–Kier alpha value is -1.72. The van der Waals surface area contributed by atoms with E-state index in [-0.39, 0.29) is 11.9 Å². The van der Waals surface area contributed by atoms with Crippen molar-refractivity contribution in [1.29, 1.82) is 0 Å². The van der Waals surface area contributed by atoms with Gasteiger partial charge in [-0.15, -0.1) is 0 Å². The van der Waals surface area contributed by atoms with Gasteiger partial charge in [0.05, 0.1) is 19.3 Å². The normalized spacial score (nSPS) is 17.8. The van der Waals surface area contributed by atoms with Crippen LogP contribution >= 0.6 is 0 Å². The first-order chi connectivity index (χ1) is 10.3. The van der Waals surface area contributed by atoms with Crippen LogP contribution in [0.3, 0.4) is 0 Å². The monoisotopic (exact) mass is 289 g/mol. The van der Waals surface area contributed by atoms with Gasteiger partial charge in [0, 0.05) is 38.4 Å². The molecule has 1 amide bonds. The average Bonchev–Trinajstić information content (AvgIpc) is 2.55. The second kappa shape index (κ2) is 8.54.